The number of benzene rings is 2. The number of hydrogen-bond acceptors (Lipinski definition) is 2. The third kappa shape index (κ3) is 4.88. The van der Waals surface area contributed by atoms with Crippen LogP contribution in [0.4, 0.5) is 0 Å². The first-order chi connectivity index (χ1) is 9.88. The molecule has 0 radical (unpaired) electrons. The summed E-state index contributed by atoms with van der Waals surface area (Å²) in [6, 6.07) is 20.6. The highest BCUT2D eigenvalue weighted by atomic mass is 16.5. The van der Waals surface area contributed by atoms with Gasteiger partial charge in [0.1, 0.15) is 6.10 Å². The molecule has 104 valence electrons. The zero-order valence-corrected chi connectivity index (χ0v) is 11.6. The molecule has 0 amide bonds. The van der Waals surface area contributed by atoms with E-state index in [1.54, 1.807) is 0 Å². The van der Waals surface area contributed by atoms with Crippen molar-refractivity contribution in [3.05, 3.63) is 71.8 Å². The van der Waals surface area contributed by atoms with Gasteiger partial charge in [0, 0.05) is 0 Å². The van der Waals surface area contributed by atoms with Crippen LogP contribution in [0.1, 0.15) is 24.0 Å². The van der Waals surface area contributed by atoms with Crippen molar-refractivity contribution < 1.29 is 9.53 Å². The van der Waals surface area contributed by atoms with Gasteiger partial charge in [-0.1, -0.05) is 60.7 Å². The lowest BCUT2D eigenvalue weighted by molar-refractivity contribution is -0.134. The second-order valence-corrected chi connectivity index (χ2v) is 4.90. The molecule has 0 atom stereocenters. The normalized spacial score (nSPS) is 10.4. The number of carbonyl (C=O) groups excluding carboxylic acids is 1. The summed E-state index contributed by atoms with van der Waals surface area (Å²) < 4.78 is 5.20. The van der Waals surface area contributed by atoms with Crippen LogP contribution >= 0.6 is 0 Å². The van der Waals surface area contributed by atoms with Crippen LogP contribution in [0.2, 0.25) is 0 Å². The van der Waals surface area contributed by atoms with Gasteiger partial charge in [-0.25, -0.2) is 0 Å². The molecule has 2 rings (SSSR count). The predicted molar refractivity (Wildman–Crippen MR) is 80.5 cm³/mol. The van der Waals surface area contributed by atoms with E-state index in [9.17, 15) is 4.79 Å². The maximum absolute atomic E-state index is 10.6. The summed E-state index contributed by atoms with van der Waals surface area (Å²) in [5.74, 6) is 0. The fourth-order valence-corrected chi connectivity index (χ4v) is 2.30. The highest BCUT2D eigenvalue weighted by Crippen LogP contribution is 2.13. The summed E-state index contributed by atoms with van der Waals surface area (Å²) in [6.07, 6.45) is 3.61. The molecule has 0 saturated carbocycles. The Morgan fingerprint density at radius 2 is 1.25 bits per heavy atom. The number of carbonyl (C=O) groups is 1. The van der Waals surface area contributed by atoms with Gasteiger partial charge in [-0.3, -0.25) is 4.79 Å². The maximum atomic E-state index is 10.6. The first-order valence-corrected chi connectivity index (χ1v) is 7.05. The number of hydrogen-bond donors (Lipinski definition) is 0. The zero-order valence-electron chi connectivity index (χ0n) is 11.6. The summed E-state index contributed by atoms with van der Waals surface area (Å²) in [4.78, 5) is 10.6. The lowest BCUT2D eigenvalue weighted by Crippen LogP contribution is -2.14. The molecule has 2 nitrogen and oxygen atoms in total. The average Bonchev–Trinajstić information content (AvgIpc) is 2.52. The van der Waals surface area contributed by atoms with Crippen LogP contribution in [0.5, 0.6) is 0 Å². The Bertz CT molecular complexity index is 450. The molecule has 0 aliphatic heterocycles. The summed E-state index contributed by atoms with van der Waals surface area (Å²) in [5, 5.41) is 0. The zero-order chi connectivity index (χ0) is 14.0. The second kappa shape index (κ2) is 8.16. The molecular weight excluding hydrogens is 248 g/mol. The molecule has 0 saturated heterocycles. The maximum Gasteiger partial charge on any atom is 0.293 e. The van der Waals surface area contributed by atoms with E-state index in [-0.39, 0.29) is 6.10 Å². The molecule has 2 aromatic rings. The van der Waals surface area contributed by atoms with Gasteiger partial charge in [-0.15, -0.1) is 0 Å². The van der Waals surface area contributed by atoms with E-state index < -0.39 is 0 Å². The standard InChI is InChI=1S/C18H20O2/c19-15-20-18(13-11-16-7-3-1-4-8-16)14-12-17-9-5-2-6-10-17/h1-10,15,18H,11-14H2. The van der Waals surface area contributed by atoms with E-state index in [0.717, 1.165) is 25.7 Å². The lowest BCUT2D eigenvalue weighted by atomic mass is 10.0. The van der Waals surface area contributed by atoms with Crippen molar-refractivity contribution in [2.75, 3.05) is 0 Å². The van der Waals surface area contributed by atoms with Crippen molar-refractivity contribution >= 4 is 6.47 Å². The fraction of sp³-hybridized carbons (Fsp3) is 0.278. The number of rotatable bonds is 8. The van der Waals surface area contributed by atoms with Crippen molar-refractivity contribution in [3.63, 3.8) is 0 Å². The Balaban J connectivity index is 1.82. The van der Waals surface area contributed by atoms with E-state index in [2.05, 4.69) is 24.3 Å². The summed E-state index contributed by atoms with van der Waals surface area (Å²) in [7, 11) is 0. The minimum atomic E-state index is -0.00656. The predicted octanol–water partition coefficient (Wildman–Crippen LogP) is 3.79. The molecule has 0 aromatic heterocycles. The van der Waals surface area contributed by atoms with Gasteiger partial charge < -0.3 is 4.74 Å². The van der Waals surface area contributed by atoms with Gasteiger partial charge in [0.2, 0.25) is 0 Å². The van der Waals surface area contributed by atoms with Crippen LogP contribution < -0.4 is 0 Å². The van der Waals surface area contributed by atoms with Crippen molar-refractivity contribution in [1.82, 2.24) is 0 Å². The van der Waals surface area contributed by atoms with Crippen LogP contribution in [0.3, 0.4) is 0 Å². The van der Waals surface area contributed by atoms with Crippen molar-refractivity contribution in [2.45, 2.75) is 31.8 Å². The van der Waals surface area contributed by atoms with E-state index in [4.69, 9.17) is 4.74 Å². The van der Waals surface area contributed by atoms with Gasteiger partial charge in [0.05, 0.1) is 0 Å². The summed E-state index contributed by atoms with van der Waals surface area (Å²) in [5.41, 5.74) is 2.57. The molecule has 0 bridgehead atoms. The second-order valence-electron chi connectivity index (χ2n) is 4.90. The van der Waals surface area contributed by atoms with Crippen LogP contribution in [0, 0.1) is 0 Å². The van der Waals surface area contributed by atoms with E-state index in [0.29, 0.717) is 6.47 Å². The van der Waals surface area contributed by atoms with Crippen molar-refractivity contribution in [3.8, 4) is 0 Å². The Morgan fingerprint density at radius 3 is 1.65 bits per heavy atom. The lowest BCUT2D eigenvalue weighted by Gasteiger charge is -2.15. The molecule has 0 spiro atoms. The molecule has 20 heavy (non-hydrogen) atoms. The molecule has 0 aliphatic rings. The number of aryl methyl sites for hydroxylation is 2. The van der Waals surface area contributed by atoms with Crippen molar-refractivity contribution in [2.24, 2.45) is 0 Å². The smallest absolute Gasteiger partial charge is 0.293 e. The van der Waals surface area contributed by atoms with E-state index >= 15 is 0 Å². The average molecular weight is 268 g/mol. The molecule has 0 unspecified atom stereocenters. The Hall–Kier alpha value is -2.09. The van der Waals surface area contributed by atoms with Gasteiger partial charge in [-0.05, 0) is 36.8 Å². The Kier molecular flexibility index (Phi) is 5.84. The van der Waals surface area contributed by atoms with Gasteiger partial charge in [0.25, 0.3) is 6.47 Å². The highest BCUT2D eigenvalue weighted by Gasteiger charge is 2.09. The highest BCUT2D eigenvalue weighted by molar-refractivity contribution is 5.37. The van der Waals surface area contributed by atoms with Gasteiger partial charge >= 0.3 is 0 Å². The Labute approximate surface area is 120 Å². The summed E-state index contributed by atoms with van der Waals surface area (Å²) in [6.45, 7) is 0.570. The topological polar surface area (TPSA) is 26.3 Å². The van der Waals surface area contributed by atoms with Crippen LogP contribution in [-0.4, -0.2) is 12.6 Å². The number of ether oxygens (including phenoxy) is 1. The molecule has 2 heteroatoms. The fourth-order valence-electron chi connectivity index (χ4n) is 2.30. The largest absolute Gasteiger partial charge is 0.465 e. The summed E-state index contributed by atoms with van der Waals surface area (Å²) >= 11 is 0. The molecule has 0 fully saturated rings. The first-order valence-electron chi connectivity index (χ1n) is 7.05. The molecule has 0 heterocycles. The molecule has 2 aromatic carbocycles. The van der Waals surface area contributed by atoms with E-state index in [1.807, 2.05) is 36.4 Å². The first kappa shape index (κ1) is 14.3. The third-order valence-electron chi connectivity index (χ3n) is 3.44. The van der Waals surface area contributed by atoms with Crippen LogP contribution in [-0.2, 0) is 22.4 Å². The quantitative estimate of drug-likeness (QED) is 0.681. The molecule has 0 aliphatic carbocycles. The molecular formula is C18H20O2. The van der Waals surface area contributed by atoms with Crippen LogP contribution in [0.25, 0.3) is 0 Å². The minimum absolute atomic E-state index is 0.00656. The third-order valence-corrected chi connectivity index (χ3v) is 3.44. The monoisotopic (exact) mass is 268 g/mol. The minimum Gasteiger partial charge on any atom is -0.465 e. The van der Waals surface area contributed by atoms with E-state index in [1.165, 1.54) is 11.1 Å². The van der Waals surface area contributed by atoms with Crippen molar-refractivity contribution in [1.29, 1.82) is 0 Å². The van der Waals surface area contributed by atoms with Crippen LogP contribution in [0.15, 0.2) is 60.7 Å². The van der Waals surface area contributed by atoms with Gasteiger partial charge in [-0.2, -0.15) is 0 Å². The van der Waals surface area contributed by atoms with Gasteiger partial charge in [0.15, 0.2) is 0 Å². The molecule has 0 N–H and O–H groups in total. The SMILES string of the molecule is O=COC(CCc1ccccc1)CCc1ccccc1. The Morgan fingerprint density at radius 1 is 0.800 bits per heavy atom.